The van der Waals surface area contributed by atoms with Gasteiger partial charge in [0, 0.05) is 23.0 Å². The maximum atomic E-state index is 5.84. The van der Waals surface area contributed by atoms with Gasteiger partial charge in [-0.25, -0.2) is 4.98 Å². The Bertz CT molecular complexity index is 733. The Kier molecular flexibility index (Phi) is 4.42. The molecule has 1 aromatic heterocycles. The van der Waals surface area contributed by atoms with Gasteiger partial charge in [-0.2, -0.15) is 0 Å². The Morgan fingerprint density at radius 2 is 1.95 bits per heavy atom. The second kappa shape index (κ2) is 6.46. The number of aromatic nitrogens is 1. The van der Waals surface area contributed by atoms with E-state index in [0.717, 1.165) is 23.8 Å². The quantitative estimate of drug-likeness (QED) is 0.611. The molecule has 0 aliphatic heterocycles. The lowest BCUT2D eigenvalue weighted by Gasteiger charge is -2.23. The number of rotatable bonds is 5. The van der Waals surface area contributed by atoms with Gasteiger partial charge in [0.2, 0.25) is 0 Å². The van der Waals surface area contributed by atoms with E-state index in [2.05, 4.69) is 59.3 Å². The normalized spacial score (nSPS) is 11.0. The molecule has 0 N–H and O–H groups in total. The third-order valence-electron chi connectivity index (χ3n) is 3.55. The van der Waals surface area contributed by atoms with Crippen LogP contribution in [-0.2, 0) is 12.4 Å². The molecule has 0 saturated heterocycles. The summed E-state index contributed by atoms with van der Waals surface area (Å²) in [6.45, 7) is 3.95. The van der Waals surface area contributed by atoms with Crippen LogP contribution in [0.15, 0.2) is 47.8 Å². The van der Waals surface area contributed by atoms with Gasteiger partial charge in [-0.3, -0.25) is 0 Å². The monoisotopic (exact) mass is 316 g/mol. The average Bonchev–Trinajstić information content (AvgIpc) is 3.00. The number of fused-ring (bicyclic) bond motifs is 1. The van der Waals surface area contributed by atoms with E-state index in [1.165, 1.54) is 16.5 Å². The van der Waals surface area contributed by atoms with Crippen molar-refractivity contribution >= 4 is 39.4 Å². The number of thiazole rings is 1. The minimum Gasteiger partial charge on any atom is -0.365 e. The highest BCUT2D eigenvalue weighted by Gasteiger charge is 2.11. The first kappa shape index (κ1) is 14.4. The molecule has 0 atom stereocenters. The fourth-order valence-corrected chi connectivity index (χ4v) is 3.53. The van der Waals surface area contributed by atoms with Crippen LogP contribution in [0, 0.1) is 0 Å². The van der Waals surface area contributed by atoms with Crippen molar-refractivity contribution in [2.75, 3.05) is 11.4 Å². The Balaban J connectivity index is 1.94. The fraction of sp³-hybridized carbons (Fsp3) is 0.235. The molecule has 3 aromatic rings. The summed E-state index contributed by atoms with van der Waals surface area (Å²) in [6, 6.07) is 15.0. The molecule has 0 saturated carbocycles. The highest BCUT2D eigenvalue weighted by atomic mass is 35.5. The van der Waals surface area contributed by atoms with Gasteiger partial charge in [0.05, 0.1) is 18.1 Å². The van der Waals surface area contributed by atoms with E-state index < -0.39 is 0 Å². The van der Waals surface area contributed by atoms with Crippen LogP contribution < -0.4 is 4.90 Å². The van der Waals surface area contributed by atoms with Crippen LogP contribution in [0.4, 0.5) is 5.69 Å². The van der Waals surface area contributed by atoms with Gasteiger partial charge in [-0.15, -0.1) is 22.9 Å². The third-order valence-corrected chi connectivity index (χ3v) is 4.71. The summed E-state index contributed by atoms with van der Waals surface area (Å²) in [4.78, 5) is 6.93. The van der Waals surface area contributed by atoms with Crippen molar-refractivity contribution in [2.24, 2.45) is 0 Å². The summed E-state index contributed by atoms with van der Waals surface area (Å²) in [5.41, 5.74) is 2.23. The highest BCUT2D eigenvalue weighted by Crippen LogP contribution is 2.28. The summed E-state index contributed by atoms with van der Waals surface area (Å²) in [5, 5.41) is 5.71. The van der Waals surface area contributed by atoms with Gasteiger partial charge in [0.1, 0.15) is 5.01 Å². The predicted molar refractivity (Wildman–Crippen MR) is 92.3 cm³/mol. The number of benzene rings is 2. The molecular weight excluding hydrogens is 300 g/mol. The number of hydrogen-bond donors (Lipinski definition) is 0. The highest BCUT2D eigenvalue weighted by molar-refractivity contribution is 7.09. The SMILES string of the molecule is CCN(Cc1nc(CCl)cs1)c1cccc2ccccc12. The molecule has 0 aliphatic carbocycles. The lowest BCUT2D eigenvalue weighted by atomic mass is 10.1. The van der Waals surface area contributed by atoms with Gasteiger partial charge >= 0.3 is 0 Å². The standard InChI is InChI=1S/C17H17ClN2S/c1-2-20(11-17-19-14(10-18)12-21-17)16-9-5-7-13-6-3-4-8-15(13)16/h3-9,12H,2,10-11H2,1H3. The molecule has 0 fully saturated rings. The minimum atomic E-state index is 0.483. The summed E-state index contributed by atoms with van der Waals surface area (Å²) >= 11 is 7.52. The second-order valence-electron chi connectivity index (χ2n) is 4.88. The Labute approximate surface area is 134 Å². The fourth-order valence-electron chi connectivity index (χ4n) is 2.50. The van der Waals surface area contributed by atoms with E-state index in [4.69, 9.17) is 11.6 Å². The molecule has 21 heavy (non-hydrogen) atoms. The van der Waals surface area contributed by atoms with E-state index >= 15 is 0 Å². The van der Waals surface area contributed by atoms with Crippen LogP contribution in [0.5, 0.6) is 0 Å². The van der Waals surface area contributed by atoms with Gasteiger partial charge in [-0.05, 0) is 18.4 Å². The molecule has 2 nitrogen and oxygen atoms in total. The minimum absolute atomic E-state index is 0.483. The molecule has 0 amide bonds. The van der Waals surface area contributed by atoms with Crippen LogP contribution in [0.2, 0.25) is 0 Å². The summed E-state index contributed by atoms with van der Waals surface area (Å²) in [7, 11) is 0. The molecule has 0 unspecified atom stereocenters. The van der Waals surface area contributed by atoms with Crippen molar-refractivity contribution in [3.63, 3.8) is 0 Å². The number of hydrogen-bond acceptors (Lipinski definition) is 3. The van der Waals surface area contributed by atoms with Gasteiger partial charge in [0.15, 0.2) is 0 Å². The van der Waals surface area contributed by atoms with E-state index in [-0.39, 0.29) is 0 Å². The van der Waals surface area contributed by atoms with Crippen molar-refractivity contribution in [3.05, 3.63) is 58.5 Å². The first-order chi connectivity index (χ1) is 10.3. The van der Waals surface area contributed by atoms with Gasteiger partial charge < -0.3 is 4.90 Å². The largest absolute Gasteiger partial charge is 0.365 e. The smallest absolute Gasteiger partial charge is 0.112 e. The zero-order valence-electron chi connectivity index (χ0n) is 11.9. The molecule has 0 spiro atoms. The molecule has 1 heterocycles. The Morgan fingerprint density at radius 1 is 1.14 bits per heavy atom. The first-order valence-corrected chi connectivity index (χ1v) is 8.45. The Hall–Kier alpha value is -1.58. The van der Waals surface area contributed by atoms with Crippen molar-refractivity contribution < 1.29 is 0 Å². The Morgan fingerprint density at radius 3 is 2.71 bits per heavy atom. The number of anilines is 1. The molecule has 3 rings (SSSR count). The van der Waals surface area contributed by atoms with Crippen molar-refractivity contribution in [1.29, 1.82) is 0 Å². The molecule has 0 bridgehead atoms. The summed E-state index contributed by atoms with van der Waals surface area (Å²) < 4.78 is 0. The second-order valence-corrected chi connectivity index (χ2v) is 6.09. The topological polar surface area (TPSA) is 16.1 Å². The summed E-state index contributed by atoms with van der Waals surface area (Å²) in [6.07, 6.45) is 0. The van der Waals surface area contributed by atoms with Crippen LogP contribution in [-0.4, -0.2) is 11.5 Å². The van der Waals surface area contributed by atoms with Crippen LogP contribution in [0.3, 0.4) is 0 Å². The van der Waals surface area contributed by atoms with Crippen LogP contribution in [0.1, 0.15) is 17.6 Å². The van der Waals surface area contributed by atoms with Crippen molar-refractivity contribution in [2.45, 2.75) is 19.3 Å². The van der Waals surface area contributed by atoms with Gasteiger partial charge in [0.25, 0.3) is 0 Å². The number of nitrogens with zero attached hydrogens (tertiary/aromatic N) is 2. The molecular formula is C17H17ClN2S. The van der Waals surface area contributed by atoms with E-state index in [1.807, 2.05) is 5.38 Å². The molecule has 4 heteroatoms. The average molecular weight is 317 g/mol. The zero-order chi connectivity index (χ0) is 14.7. The lowest BCUT2D eigenvalue weighted by Crippen LogP contribution is -2.22. The maximum Gasteiger partial charge on any atom is 0.112 e. The summed E-state index contributed by atoms with van der Waals surface area (Å²) in [5.74, 6) is 0.483. The third kappa shape index (κ3) is 3.04. The van der Waals surface area contributed by atoms with Crippen molar-refractivity contribution in [1.82, 2.24) is 4.98 Å². The predicted octanol–water partition coefficient (Wildman–Crippen LogP) is 5.06. The molecule has 108 valence electrons. The van der Waals surface area contributed by atoms with Gasteiger partial charge in [-0.1, -0.05) is 36.4 Å². The first-order valence-electron chi connectivity index (χ1n) is 7.03. The van der Waals surface area contributed by atoms with Crippen molar-refractivity contribution in [3.8, 4) is 0 Å². The van der Waals surface area contributed by atoms with E-state index in [0.29, 0.717) is 5.88 Å². The lowest BCUT2D eigenvalue weighted by molar-refractivity contribution is 0.826. The number of alkyl halides is 1. The zero-order valence-corrected chi connectivity index (χ0v) is 13.5. The van der Waals surface area contributed by atoms with E-state index in [9.17, 15) is 0 Å². The number of halogens is 1. The van der Waals surface area contributed by atoms with E-state index in [1.54, 1.807) is 11.3 Å². The maximum absolute atomic E-state index is 5.84. The van der Waals surface area contributed by atoms with Crippen LogP contribution in [0.25, 0.3) is 10.8 Å². The molecule has 0 aliphatic rings. The van der Waals surface area contributed by atoms with Crippen LogP contribution >= 0.6 is 22.9 Å². The molecule has 0 radical (unpaired) electrons. The molecule has 2 aromatic carbocycles.